The Balaban J connectivity index is 1.41. The summed E-state index contributed by atoms with van der Waals surface area (Å²) in [4.78, 5) is 44.8. The molecule has 0 radical (unpaired) electrons. The van der Waals surface area contributed by atoms with E-state index in [0.717, 1.165) is 23.4 Å². The van der Waals surface area contributed by atoms with Gasteiger partial charge in [0.15, 0.2) is 12.4 Å². The van der Waals surface area contributed by atoms with Crippen molar-refractivity contribution in [2.45, 2.75) is 19.3 Å². The standard InChI is InChI=1S/C26H28F3N7O4S/c27-26(28,29)22-13-21(35-32-18-37)5-6-23(22)34-24(38)16-36-10-2-4-20(15-36)25(39)31-8-11-41-12-9-33-40-17-19-3-1-7-30-14-19/h1-7,10,13-15,18,33,35H,8-9,11-12,16-17H2,(H2-,31,32,34,37,38,39)/p+1. The number of aromatic nitrogens is 2. The molecule has 0 bridgehead atoms. The van der Waals surface area contributed by atoms with Crippen molar-refractivity contribution in [1.82, 2.24) is 21.2 Å². The van der Waals surface area contributed by atoms with Gasteiger partial charge >= 0.3 is 6.18 Å². The number of anilines is 2. The quantitative estimate of drug-likeness (QED) is 0.0740. The molecule has 3 amide bonds. The molecule has 2 heterocycles. The van der Waals surface area contributed by atoms with E-state index in [1.807, 2.05) is 12.1 Å². The Kier molecular flexibility index (Phi) is 12.3. The van der Waals surface area contributed by atoms with E-state index in [-0.39, 0.29) is 24.5 Å². The van der Waals surface area contributed by atoms with Crippen LogP contribution in [0.15, 0.2) is 67.3 Å². The zero-order chi connectivity index (χ0) is 29.5. The molecular formula is C26H29F3N7O4S+. The number of halogens is 3. The van der Waals surface area contributed by atoms with Crippen LogP contribution in [-0.2, 0) is 33.8 Å². The number of thioether (sulfide) groups is 1. The van der Waals surface area contributed by atoms with E-state index in [2.05, 4.69) is 31.9 Å². The zero-order valence-corrected chi connectivity index (χ0v) is 22.6. The van der Waals surface area contributed by atoms with Gasteiger partial charge in [0.05, 0.1) is 23.5 Å². The van der Waals surface area contributed by atoms with Crippen molar-refractivity contribution in [3.8, 4) is 0 Å². The number of hydrogen-bond donors (Lipinski definition) is 5. The molecule has 0 aliphatic heterocycles. The van der Waals surface area contributed by atoms with Crippen molar-refractivity contribution in [1.29, 1.82) is 0 Å². The van der Waals surface area contributed by atoms with Crippen molar-refractivity contribution in [3.05, 3.63) is 83.9 Å². The molecule has 0 saturated carbocycles. The van der Waals surface area contributed by atoms with Gasteiger partial charge in [0.25, 0.3) is 11.8 Å². The molecule has 0 fully saturated rings. The third-order valence-corrected chi connectivity index (χ3v) is 6.25. The van der Waals surface area contributed by atoms with E-state index >= 15 is 0 Å². The summed E-state index contributed by atoms with van der Waals surface area (Å²) in [5.74, 6) is 0.379. The second-order valence-corrected chi connectivity index (χ2v) is 9.60. The number of alkyl halides is 3. The Morgan fingerprint density at radius 2 is 1.93 bits per heavy atom. The van der Waals surface area contributed by atoms with Gasteiger partial charge in [-0.25, -0.2) is 5.48 Å². The largest absolute Gasteiger partial charge is 0.418 e. The van der Waals surface area contributed by atoms with Crippen molar-refractivity contribution in [2.75, 3.05) is 35.3 Å². The van der Waals surface area contributed by atoms with Crippen molar-refractivity contribution >= 4 is 41.4 Å². The first-order chi connectivity index (χ1) is 19.8. The molecule has 3 aromatic rings. The second-order valence-electron chi connectivity index (χ2n) is 8.37. The van der Waals surface area contributed by atoms with E-state index in [0.29, 0.717) is 31.0 Å². The summed E-state index contributed by atoms with van der Waals surface area (Å²) in [5.41, 5.74) is 6.93. The van der Waals surface area contributed by atoms with Gasteiger partial charge in [-0.3, -0.25) is 35.1 Å². The number of hydrogen-bond acceptors (Lipinski definition) is 8. The van der Waals surface area contributed by atoms with Crippen LogP contribution in [-0.4, -0.2) is 47.8 Å². The van der Waals surface area contributed by atoms with Gasteiger partial charge in [0, 0.05) is 43.1 Å². The lowest BCUT2D eigenvalue weighted by molar-refractivity contribution is -0.684. The number of hydroxylamine groups is 1. The first kappa shape index (κ1) is 31.3. The average Bonchev–Trinajstić information content (AvgIpc) is 2.95. The molecule has 0 aliphatic carbocycles. The fraction of sp³-hybridized carbons (Fsp3) is 0.269. The fourth-order valence-corrected chi connectivity index (χ4v) is 4.11. The SMILES string of the molecule is O=CNNc1ccc(NC(=O)C[n+]2cccc(C(=O)NCCSCCNOCc3cccnc3)c2)c(C(F)(F)F)c1. The van der Waals surface area contributed by atoms with Gasteiger partial charge in [-0.15, -0.1) is 0 Å². The molecule has 0 aliphatic rings. The Bertz CT molecular complexity index is 1300. The summed E-state index contributed by atoms with van der Waals surface area (Å²) >= 11 is 1.63. The summed E-state index contributed by atoms with van der Waals surface area (Å²) < 4.78 is 41.9. The Morgan fingerprint density at radius 3 is 2.68 bits per heavy atom. The third-order valence-electron chi connectivity index (χ3n) is 5.27. The first-order valence-electron chi connectivity index (χ1n) is 12.3. The Hall–Kier alpha value is -4.21. The molecule has 41 heavy (non-hydrogen) atoms. The summed E-state index contributed by atoms with van der Waals surface area (Å²) in [6.07, 6.45) is 1.90. The van der Waals surface area contributed by atoms with Crippen LogP contribution >= 0.6 is 11.8 Å². The Morgan fingerprint density at radius 1 is 1.10 bits per heavy atom. The molecule has 11 nitrogen and oxygen atoms in total. The lowest BCUT2D eigenvalue weighted by Gasteiger charge is -2.15. The average molecular weight is 593 g/mol. The molecular weight excluding hydrogens is 563 g/mol. The molecule has 0 saturated heterocycles. The summed E-state index contributed by atoms with van der Waals surface area (Å²) in [7, 11) is 0. The molecule has 15 heteroatoms. The molecule has 5 N–H and O–H groups in total. The van der Waals surface area contributed by atoms with Crippen molar-refractivity contribution < 1.29 is 37.0 Å². The number of carbonyl (C=O) groups is 3. The van der Waals surface area contributed by atoms with E-state index < -0.39 is 23.3 Å². The van der Waals surface area contributed by atoms with Crippen LogP contribution in [0.2, 0.25) is 0 Å². The van der Waals surface area contributed by atoms with Crippen LogP contribution in [0.5, 0.6) is 0 Å². The number of carbonyl (C=O) groups excluding carboxylic acids is 3. The zero-order valence-electron chi connectivity index (χ0n) is 21.7. The Labute approximate surface area is 238 Å². The maximum Gasteiger partial charge on any atom is 0.418 e. The van der Waals surface area contributed by atoms with Crippen LogP contribution in [0.25, 0.3) is 0 Å². The van der Waals surface area contributed by atoms with Crippen LogP contribution in [0, 0.1) is 0 Å². The van der Waals surface area contributed by atoms with Crippen LogP contribution < -0.4 is 31.5 Å². The number of amides is 3. The van der Waals surface area contributed by atoms with Gasteiger partial charge in [0.1, 0.15) is 5.56 Å². The molecule has 0 unspecified atom stereocenters. The minimum absolute atomic E-state index is 0.0172. The number of benzene rings is 1. The van der Waals surface area contributed by atoms with E-state index in [9.17, 15) is 27.6 Å². The second kappa shape index (κ2) is 16.2. The summed E-state index contributed by atoms with van der Waals surface area (Å²) in [6, 6.07) is 9.99. The minimum Gasteiger partial charge on any atom is -0.351 e. The van der Waals surface area contributed by atoms with E-state index in [1.54, 1.807) is 36.3 Å². The maximum atomic E-state index is 13.5. The number of pyridine rings is 2. The summed E-state index contributed by atoms with van der Waals surface area (Å²) in [6.45, 7) is 1.14. The van der Waals surface area contributed by atoms with Gasteiger partial charge in [-0.05, 0) is 35.9 Å². The maximum absolute atomic E-state index is 13.5. The first-order valence-corrected chi connectivity index (χ1v) is 13.5. The lowest BCUT2D eigenvalue weighted by atomic mass is 10.1. The van der Waals surface area contributed by atoms with Crippen LogP contribution in [0.3, 0.4) is 0 Å². The normalized spacial score (nSPS) is 11.0. The monoisotopic (exact) mass is 592 g/mol. The number of nitrogens with one attached hydrogen (secondary N) is 5. The predicted molar refractivity (Wildman–Crippen MR) is 146 cm³/mol. The minimum atomic E-state index is -4.75. The van der Waals surface area contributed by atoms with Gasteiger partial charge in [-0.2, -0.15) is 29.5 Å². The lowest BCUT2D eigenvalue weighted by Crippen LogP contribution is -2.41. The highest BCUT2D eigenvalue weighted by atomic mass is 32.2. The smallest absolute Gasteiger partial charge is 0.351 e. The van der Waals surface area contributed by atoms with Crippen molar-refractivity contribution in [3.63, 3.8) is 0 Å². The fourth-order valence-electron chi connectivity index (χ4n) is 3.43. The highest BCUT2D eigenvalue weighted by Gasteiger charge is 2.34. The summed E-state index contributed by atoms with van der Waals surface area (Å²) in [5, 5.41) is 5.05. The topological polar surface area (TPSA) is 137 Å². The van der Waals surface area contributed by atoms with Crippen LogP contribution in [0.4, 0.5) is 24.5 Å². The molecule has 3 rings (SSSR count). The number of rotatable bonds is 16. The highest BCUT2D eigenvalue weighted by molar-refractivity contribution is 7.99. The molecule has 2 aromatic heterocycles. The number of hydrazine groups is 1. The number of nitrogens with zero attached hydrogens (tertiary/aromatic N) is 2. The van der Waals surface area contributed by atoms with E-state index in [1.165, 1.54) is 23.0 Å². The van der Waals surface area contributed by atoms with Gasteiger partial charge in [-0.1, -0.05) is 6.07 Å². The van der Waals surface area contributed by atoms with Gasteiger partial charge < -0.3 is 10.6 Å². The van der Waals surface area contributed by atoms with Gasteiger partial charge in [0.2, 0.25) is 13.0 Å². The van der Waals surface area contributed by atoms with E-state index in [4.69, 9.17) is 4.84 Å². The van der Waals surface area contributed by atoms with Crippen molar-refractivity contribution in [2.24, 2.45) is 0 Å². The van der Waals surface area contributed by atoms with Crippen LogP contribution in [0.1, 0.15) is 21.5 Å². The predicted octanol–water partition coefficient (Wildman–Crippen LogP) is 2.28. The molecule has 218 valence electrons. The third kappa shape index (κ3) is 11.1. The molecule has 0 atom stereocenters. The molecule has 0 spiro atoms. The highest BCUT2D eigenvalue weighted by Crippen LogP contribution is 2.36. The molecule has 1 aromatic carbocycles.